The fraction of sp³-hybridized carbons (Fsp3) is 0.286. The Morgan fingerprint density at radius 3 is 2.50 bits per heavy atom. The zero-order valence-corrected chi connectivity index (χ0v) is 16.2. The van der Waals surface area contributed by atoms with Crippen molar-refractivity contribution in [3.8, 4) is 0 Å². The number of rotatable bonds is 3. The second kappa shape index (κ2) is 6.79. The van der Waals surface area contributed by atoms with Gasteiger partial charge in [0.2, 0.25) is 5.96 Å². The third-order valence-electron chi connectivity index (χ3n) is 5.80. The number of carbonyl (C=O) groups excluding carboxylic acids is 2. The van der Waals surface area contributed by atoms with Gasteiger partial charge in [-0.15, -0.1) is 0 Å². The van der Waals surface area contributed by atoms with Gasteiger partial charge in [0.1, 0.15) is 11.6 Å². The number of likely N-dealkylation sites (N-methyl/N-ethyl adjacent to an activating group) is 1. The molecule has 0 saturated carbocycles. The van der Waals surface area contributed by atoms with Gasteiger partial charge in [0, 0.05) is 31.4 Å². The number of hydrogen-bond acceptors (Lipinski definition) is 5. The van der Waals surface area contributed by atoms with Crippen LogP contribution >= 0.6 is 0 Å². The summed E-state index contributed by atoms with van der Waals surface area (Å²) in [5.74, 6) is -0.612. The third kappa shape index (κ3) is 2.72. The molecule has 3 amide bonds. The van der Waals surface area contributed by atoms with Crippen LogP contribution in [0.2, 0.25) is 0 Å². The van der Waals surface area contributed by atoms with Crippen molar-refractivity contribution >= 4 is 23.6 Å². The SMILES string of the molecule is CN1C(=O)N(Cc2ccccc2F)C(=O)C2C1N=C1N(c3ccc(F)cc3)CCN12. The molecule has 3 aliphatic heterocycles. The molecule has 2 saturated heterocycles. The Hall–Kier alpha value is -3.49. The normalized spacial score (nSPS) is 23.1. The highest BCUT2D eigenvalue weighted by atomic mass is 19.1. The largest absolute Gasteiger partial charge is 0.328 e. The van der Waals surface area contributed by atoms with Crippen molar-refractivity contribution < 1.29 is 18.4 Å². The summed E-state index contributed by atoms with van der Waals surface area (Å²) in [5.41, 5.74) is 1.04. The predicted octanol–water partition coefficient (Wildman–Crippen LogP) is 2.25. The number of anilines is 1. The number of urea groups is 1. The number of benzene rings is 2. The van der Waals surface area contributed by atoms with Gasteiger partial charge in [0.15, 0.2) is 12.2 Å². The summed E-state index contributed by atoms with van der Waals surface area (Å²) in [6.07, 6.45) is -0.653. The van der Waals surface area contributed by atoms with Crippen LogP contribution in [-0.4, -0.2) is 64.9 Å². The van der Waals surface area contributed by atoms with Gasteiger partial charge in [-0.05, 0) is 30.3 Å². The maximum absolute atomic E-state index is 14.1. The molecule has 0 radical (unpaired) electrons. The lowest BCUT2D eigenvalue weighted by Gasteiger charge is -2.40. The van der Waals surface area contributed by atoms with Crippen LogP contribution in [0.25, 0.3) is 0 Å². The summed E-state index contributed by atoms with van der Waals surface area (Å²) in [6.45, 7) is 0.993. The average molecular weight is 411 g/mol. The van der Waals surface area contributed by atoms with E-state index in [2.05, 4.69) is 4.99 Å². The fourth-order valence-electron chi connectivity index (χ4n) is 4.24. The number of fused-ring (bicyclic) bond motifs is 3. The summed E-state index contributed by atoms with van der Waals surface area (Å²) >= 11 is 0. The number of hydrogen-bond donors (Lipinski definition) is 0. The number of amides is 3. The first kappa shape index (κ1) is 18.5. The van der Waals surface area contributed by atoms with Gasteiger partial charge in [0.25, 0.3) is 5.91 Å². The highest BCUT2D eigenvalue weighted by Crippen LogP contribution is 2.34. The van der Waals surface area contributed by atoms with E-state index in [0.29, 0.717) is 19.0 Å². The van der Waals surface area contributed by atoms with Crippen LogP contribution in [0.15, 0.2) is 53.5 Å². The molecular weight excluding hydrogens is 392 g/mol. The molecule has 2 aromatic rings. The smallest absolute Gasteiger partial charge is 0.325 e. The zero-order chi connectivity index (χ0) is 21.0. The van der Waals surface area contributed by atoms with E-state index in [9.17, 15) is 18.4 Å². The molecule has 3 aliphatic rings. The van der Waals surface area contributed by atoms with Crippen molar-refractivity contribution in [2.24, 2.45) is 4.99 Å². The molecule has 0 bridgehead atoms. The number of halogens is 2. The van der Waals surface area contributed by atoms with Gasteiger partial charge in [0.05, 0.1) is 6.54 Å². The zero-order valence-electron chi connectivity index (χ0n) is 16.2. The van der Waals surface area contributed by atoms with Crippen molar-refractivity contribution in [2.75, 3.05) is 25.0 Å². The minimum Gasteiger partial charge on any atom is -0.325 e. The van der Waals surface area contributed by atoms with E-state index in [1.807, 2.05) is 9.80 Å². The minimum atomic E-state index is -0.667. The molecule has 154 valence electrons. The molecule has 5 rings (SSSR count). The minimum absolute atomic E-state index is 0.136. The quantitative estimate of drug-likeness (QED) is 0.778. The van der Waals surface area contributed by atoms with Gasteiger partial charge in [-0.2, -0.15) is 0 Å². The van der Waals surface area contributed by atoms with Crippen molar-refractivity contribution in [1.29, 1.82) is 0 Å². The van der Waals surface area contributed by atoms with Crippen LogP contribution in [-0.2, 0) is 11.3 Å². The Kier molecular flexibility index (Phi) is 4.19. The first-order valence-corrected chi connectivity index (χ1v) is 9.65. The van der Waals surface area contributed by atoms with Crippen LogP contribution in [0.3, 0.4) is 0 Å². The highest BCUT2D eigenvalue weighted by Gasteiger charge is 2.54. The van der Waals surface area contributed by atoms with Gasteiger partial charge in [-0.1, -0.05) is 18.2 Å². The number of carbonyl (C=O) groups is 2. The van der Waals surface area contributed by atoms with Gasteiger partial charge < -0.3 is 14.7 Å². The summed E-state index contributed by atoms with van der Waals surface area (Å²) < 4.78 is 27.4. The summed E-state index contributed by atoms with van der Waals surface area (Å²) in [4.78, 5) is 37.1. The molecule has 2 unspecified atom stereocenters. The molecule has 3 heterocycles. The molecule has 30 heavy (non-hydrogen) atoms. The Morgan fingerprint density at radius 1 is 1.03 bits per heavy atom. The lowest BCUT2D eigenvalue weighted by molar-refractivity contribution is -0.137. The number of nitrogens with zero attached hydrogens (tertiary/aromatic N) is 5. The second-order valence-electron chi connectivity index (χ2n) is 7.52. The fourth-order valence-corrected chi connectivity index (χ4v) is 4.24. The Labute approximate surface area is 171 Å². The summed E-state index contributed by atoms with van der Waals surface area (Å²) in [5, 5.41) is 0. The number of guanidine groups is 1. The van der Waals surface area contributed by atoms with E-state index >= 15 is 0 Å². The number of imide groups is 1. The van der Waals surface area contributed by atoms with E-state index in [4.69, 9.17) is 0 Å². The molecule has 9 heteroatoms. The van der Waals surface area contributed by atoms with Crippen LogP contribution in [0.1, 0.15) is 5.56 Å². The van der Waals surface area contributed by atoms with E-state index in [1.54, 1.807) is 37.4 Å². The molecule has 0 N–H and O–H groups in total. The number of aliphatic imine (C=N–C) groups is 1. The predicted molar refractivity (Wildman–Crippen MR) is 106 cm³/mol. The Balaban J connectivity index is 1.44. The first-order chi connectivity index (χ1) is 14.5. The maximum Gasteiger partial charge on any atom is 0.328 e. The average Bonchev–Trinajstić information content (AvgIpc) is 3.31. The highest BCUT2D eigenvalue weighted by molar-refractivity contribution is 6.07. The van der Waals surface area contributed by atoms with Crippen molar-refractivity contribution in [3.05, 3.63) is 65.7 Å². The standard InChI is InChI=1S/C21H19F2N5O2/c1-25-18-17(19(29)28(21(25)30)12-13-4-2-3-5-16(13)23)27-11-10-26(20(27)24-18)15-8-6-14(22)7-9-15/h2-9,17-18H,10-12H2,1H3. The molecule has 2 fully saturated rings. The molecule has 0 aromatic heterocycles. The van der Waals surface area contributed by atoms with Crippen LogP contribution in [0, 0.1) is 11.6 Å². The van der Waals surface area contributed by atoms with E-state index < -0.39 is 30.0 Å². The van der Waals surface area contributed by atoms with Gasteiger partial charge >= 0.3 is 6.03 Å². The molecule has 0 aliphatic carbocycles. The van der Waals surface area contributed by atoms with E-state index in [0.717, 1.165) is 10.6 Å². The van der Waals surface area contributed by atoms with Gasteiger partial charge in [-0.3, -0.25) is 9.69 Å². The lowest BCUT2D eigenvalue weighted by Crippen LogP contribution is -2.64. The maximum atomic E-state index is 14.1. The Bertz CT molecular complexity index is 1060. The first-order valence-electron chi connectivity index (χ1n) is 9.65. The molecular formula is C21H19F2N5O2. The van der Waals surface area contributed by atoms with Crippen molar-refractivity contribution in [1.82, 2.24) is 14.7 Å². The van der Waals surface area contributed by atoms with E-state index in [-0.39, 0.29) is 17.9 Å². The molecule has 2 atom stereocenters. The molecule has 7 nitrogen and oxygen atoms in total. The second-order valence-corrected chi connectivity index (χ2v) is 7.52. The van der Waals surface area contributed by atoms with E-state index in [1.165, 1.54) is 23.1 Å². The lowest BCUT2D eigenvalue weighted by atomic mass is 10.1. The molecule has 0 spiro atoms. The van der Waals surface area contributed by atoms with Gasteiger partial charge in [-0.25, -0.2) is 18.6 Å². The monoisotopic (exact) mass is 411 g/mol. The van der Waals surface area contributed by atoms with Crippen LogP contribution < -0.4 is 4.90 Å². The van der Waals surface area contributed by atoms with Crippen molar-refractivity contribution in [2.45, 2.75) is 18.8 Å². The molecule has 2 aromatic carbocycles. The Morgan fingerprint density at radius 2 is 1.77 bits per heavy atom. The summed E-state index contributed by atoms with van der Waals surface area (Å²) in [6, 6.07) is 11.0. The summed E-state index contributed by atoms with van der Waals surface area (Å²) in [7, 11) is 1.59. The van der Waals surface area contributed by atoms with Crippen LogP contribution in [0.5, 0.6) is 0 Å². The van der Waals surface area contributed by atoms with Crippen LogP contribution in [0.4, 0.5) is 19.3 Å². The third-order valence-corrected chi connectivity index (χ3v) is 5.80. The topological polar surface area (TPSA) is 59.5 Å². The van der Waals surface area contributed by atoms with Crippen molar-refractivity contribution in [3.63, 3.8) is 0 Å².